The van der Waals surface area contributed by atoms with Gasteiger partial charge >= 0.3 is 0 Å². The predicted octanol–water partition coefficient (Wildman–Crippen LogP) is 3.30. The number of nitrogens with zero attached hydrogens (tertiary/aromatic N) is 4. The molecule has 0 radical (unpaired) electrons. The maximum Gasteiger partial charge on any atom is 0.281 e. The van der Waals surface area contributed by atoms with Crippen LogP contribution < -0.4 is 10.1 Å². The Bertz CT molecular complexity index is 853. The van der Waals surface area contributed by atoms with Crippen LogP contribution in [0.1, 0.15) is 36.8 Å². The molecule has 1 amide bonds. The number of nitrogens with one attached hydrogen (secondary N) is 1. The van der Waals surface area contributed by atoms with Gasteiger partial charge in [-0.15, -0.1) is 0 Å². The van der Waals surface area contributed by atoms with Crippen molar-refractivity contribution in [3.63, 3.8) is 0 Å². The molecule has 0 fully saturated rings. The zero-order valence-electron chi connectivity index (χ0n) is 14.5. The zero-order chi connectivity index (χ0) is 17.8. The van der Waals surface area contributed by atoms with Crippen LogP contribution in [0.4, 0.5) is 5.82 Å². The molecule has 7 nitrogen and oxygen atoms in total. The van der Waals surface area contributed by atoms with Crippen LogP contribution in [0, 0.1) is 0 Å². The van der Waals surface area contributed by atoms with Crippen LogP contribution in [0.2, 0.25) is 0 Å². The SMILES string of the molecule is CCC(C)n1nccc1NC(=O)c1nn(-c2ccccc2)cc1OC. The average Bonchev–Trinajstić information content (AvgIpc) is 3.28. The second-order valence-electron chi connectivity index (χ2n) is 5.70. The van der Waals surface area contributed by atoms with E-state index in [-0.39, 0.29) is 17.6 Å². The lowest BCUT2D eigenvalue weighted by atomic mass is 10.3. The van der Waals surface area contributed by atoms with Crippen LogP contribution in [0.15, 0.2) is 48.8 Å². The molecule has 0 aliphatic rings. The molecule has 7 heteroatoms. The summed E-state index contributed by atoms with van der Waals surface area (Å²) in [5, 5.41) is 11.5. The van der Waals surface area contributed by atoms with Gasteiger partial charge in [-0.2, -0.15) is 10.2 Å². The van der Waals surface area contributed by atoms with Gasteiger partial charge in [0.25, 0.3) is 5.91 Å². The Morgan fingerprint density at radius 1 is 1.28 bits per heavy atom. The minimum Gasteiger partial charge on any atom is -0.493 e. The minimum absolute atomic E-state index is 0.189. The number of methoxy groups -OCH3 is 1. The number of para-hydroxylation sites is 1. The van der Waals surface area contributed by atoms with Gasteiger partial charge in [-0.25, -0.2) is 9.36 Å². The fraction of sp³-hybridized carbons (Fsp3) is 0.278. The van der Waals surface area contributed by atoms with E-state index < -0.39 is 0 Å². The molecular weight excluding hydrogens is 318 g/mol. The van der Waals surface area contributed by atoms with Crippen molar-refractivity contribution in [1.29, 1.82) is 0 Å². The summed E-state index contributed by atoms with van der Waals surface area (Å²) in [5.41, 5.74) is 1.08. The van der Waals surface area contributed by atoms with E-state index in [0.29, 0.717) is 11.6 Å². The number of anilines is 1. The predicted molar refractivity (Wildman–Crippen MR) is 95.3 cm³/mol. The summed E-state index contributed by atoms with van der Waals surface area (Å²) in [4.78, 5) is 12.7. The molecule has 0 aliphatic carbocycles. The van der Waals surface area contributed by atoms with Gasteiger partial charge < -0.3 is 10.1 Å². The third-order valence-corrected chi connectivity index (χ3v) is 4.06. The Hall–Kier alpha value is -3.09. The molecular formula is C18H21N5O2. The van der Waals surface area contributed by atoms with E-state index >= 15 is 0 Å². The smallest absolute Gasteiger partial charge is 0.281 e. The quantitative estimate of drug-likeness (QED) is 0.748. The van der Waals surface area contributed by atoms with E-state index in [2.05, 4.69) is 22.4 Å². The first-order valence-corrected chi connectivity index (χ1v) is 8.18. The fourth-order valence-corrected chi connectivity index (χ4v) is 2.49. The normalized spacial score (nSPS) is 12.0. The molecule has 25 heavy (non-hydrogen) atoms. The summed E-state index contributed by atoms with van der Waals surface area (Å²) in [6, 6.07) is 11.5. The molecule has 0 aliphatic heterocycles. The number of rotatable bonds is 6. The maximum atomic E-state index is 12.7. The number of amides is 1. The van der Waals surface area contributed by atoms with Crippen molar-refractivity contribution in [1.82, 2.24) is 19.6 Å². The van der Waals surface area contributed by atoms with Gasteiger partial charge in [0.1, 0.15) is 5.82 Å². The van der Waals surface area contributed by atoms with Gasteiger partial charge in [-0.1, -0.05) is 25.1 Å². The standard InChI is InChI=1S/C18H21N5O2/c1-4-13(2)23-16(10-11-19-23)20-18(24)17-15(25-3)12-22(21-17)14-8-6-5-7-9-14/h5-13H,4H2,1-3H3,(H,20,24). The van der Waals surface area contributed by atoms with E-state index in [9.17, 15) is 4.79 Å². The average molecular weight is 339 g/mol. The van der Waals surface area contributed by atoms with E-state index in [4.69, 9.17) is 4.74 Å². The molecule has 2 aromatic heterocycles. The Kier molecular flexibility index (Phi) is 4.83. The number of ether oxygens (including phenoxy) is 1. The Morgan fingerprint density at radius 2 is 2.04 bits per heavy atom. The zero-order valence-corrected chi connectivity index (χ0v) is 14.5. The van der Waals surface area contributed by atoms with Crippen molar-refractivity contribution in [2.24, 2.45) is 0 Å². The van der Waals surface area contributed by atoms with E-state index in [1.54, 1.807) is 27.8 Å². The topological polar surface area (TPSA) is 74.0 Å². The molecule has 1 N–H and O–H groups in total. The number of hydrogen-bond donors (Lipinski definition) is 1. The summed E-state index contributed by atoms with van der Waals surface area (Å²) in [6.45, 7) is 4.12. The molecule has 1 aromatic carbocycles. The molecule has 1 unspecified atom stereocenters. The molecule has 1 atom stereocenters. The third-order valence-electron chi connectivity index (χ3n) is 4.06. The Balaban J connectivity index is 1.88. The highest BCUT2D eigenvalue weighted by Gasteiger charge is 2.20. The molecule has 2 heterocycles. The van der Waals surface area contributed by atoms with E-state index in [0.717, 1.165) is 12.1 Å². The number of hydrogen-bond acceptors (Lipinski definition) is 4. The molecule has 0 saturated carbocycles. The Labute approximate surface area is 146 Å². The third kappa shape index (κ3) is 3.40. The fourth-order valence-electron chi connectivity index (χ4n) is 2.49. The lowest BCUT2D eigenvalue weighted by Crippen LogP contribution is -2.18. The highest BCUT2D eigenvalue weighted by atomic mass is 16.5. The van der Waals surface area contributed by atoms with Gasteiger partial charge in [0.05, 0.1) is 31.2 Å². The second-order valence-corrected chi connectivity index (χ2v) is 5.70. The van der Waals surface area contributed by atoms with Crippen molar-refractivity contribution in [3.8, 4) is 11.4 Å². The van der Waals surface area contributed by atoms with Gasteiger partial charge in [-0.3, -0.25) is 4.79 Å². The first-order chi connectivity index (χ1) is 12.1. The van der Waals surface area contributed by atoms with Crippen molar-refractivity contribution in [2.75, 3.05) is 12.4 Å². The number of carbonyl (C=O) groups excluding carboxylic acids is 1. The first-order valence-electron chi connectivity index (χ1n) is 8.18. The summed E-state index contributed by atoms with van der Waals surface area (Å²) >= 11 is 0. The maximum absolute atomic E-state index is 12.7. The summed E-state index contributed by atoms with van der Waals surface area (Å²) in [5.74, 6) is 0.711. The van der Waals surface area contributed by atoms with Crippen molar-refractivity contribution in [2.45, 2.75) is 26.3 Å². The van der Waals surface area contributed by atoms with Crippen LogP contribution in [0.25, 0.3) is 5.69 Å². The molecule has 3 aromatic rings. The first kappa shape index (κ1) is 16.8. The summed E-state index contributed by atoms with van der Waals surface area (Å²) in [7, 11) is 1.52. The summed E-state index contributed by atoms with van der Waals surface area (Å²) in [6.07, 6.45) is 4.27. The van der Waals surface area contributed by atoms with Crippen LogP contribution in [0.3, 0.4) is 0 Å². The number of aromatic nitrogens is 4. The second kappa shape index (κ2) is 7.21. The molecule has 130 valence electrons. The van der Waals surface area contributed by atoms with Gasteiger partial charge in [0, 0.05) is 6.07 Å². The van der Waals surface area contributed by atoms with Crippen molar-refractivity contribution in [3.05, 3.63) is 54.5 Å². The van der Waals surface area contributed by atoms with Crippen molar-refractivity contribution < 1.29 is 9.53 Å². The lowest BCUT2D eigenvalue weighted by Gasteiger charge is -2.13. The largest absolute Gasteiger partial charge is 0.493 e. The van der Waals surface area contributed by atoms with Crippen molar-refractivity contribution >= 4 is 11.7 Å². The lowest BCUT2D eigenvalue weighted by molar-refractivity contribution is 0.101. The molecule has 0 spiro atoms. The van der Waals surface area contributed by atoms with E-state index in [1.165, 1.54) is 7.11 Å². The van der Waals surface area contributed by atoms with Crippen LogP contribution in [0.5, 0.6) is 5.75 Å². The van der Waals surface area contributed by atoms with E-state index in [1.807, 2.05) is 37.3 Å². The monoisotopic (exact) mass is 339 g/mol. The number of benzene rings is 1. The number of carbonyl (C=O) groups is 1. The molecule has 0 bridgehead atoms. The van der Waals surface area contributed by atoms with Gasteiger partial charge in [0.15, 0.2) is 11.4 Å². The van der Waals surface area contributed by atoms with Gasteiger partial charge in [0.2, 0.25) is 0 Å². The minimum atomic E-state index is -0.336. The molecule has 3 rings (SSSR count). The molecule has 0 saturated heterocycles. The Morgan fingerprint density at radius 3 is 2.72 bits per heavy atom. The van der Waals surface area contributed by atoms with Gasteiger partial charge in [-0.05, 0) is 25.5 Å². The van der Waals surface area contributed by atoms with Crippen LogP contribution in [-0.4, -0.2) is 32.6 Å². The van der Waals surface area contributed by atoms with Crippen LogP contribution in [-0.2, 0) is 0 Å². The van der Waals surface area contributed by atoms with Crippen LogP contribution >= 0.6 is 0 Å². The summed E-state index contributed by atoms with van der Waals surface area (Å²) < 4.78 is 8.74. The highest BCUT2D eigenvalue weighted by Crippen LogP contribution is 2.22. The highest BCUT2D eigenvalue weighted by molar-refractivity contribution is 6.04.